The van der Waals surface area contributed by atoms with Gasteiger partial charge >= 0.3 is 0 Å². The Bertz CT molecular complexity index is 1130. The van der Waals surface area contributed by atoms with Crippen LogP contribution >= 0.6 is 0 Å². The fourth-order valence-electron chi connectivity index (χ4n) is 4.97. The van der Waals surface area contributed by atoms with E-state index in [1.165, 1.54) is 0 Å². The molecule has 9 nitrogen and oxygen atoms in total. The third-order valence-corrected chi connectivity index (χ3v) is 7.03. The van der Waals surface area contributed by atoms with E-state index in [4.69, 9.17) is 4.74 Å². The van der Waals surface area contributed by atoms with E-state index in [1.807, 2.05) is 64.3 Å². The molecule has 1 aromatic carbocycles. The summed E-state index contributed by atoms with van der Waals surface area (Å²) in [6.07, 6.45) is 7.78. The molecule has 9 heteroatoms. The summed E-state index contributed by atoms with van der Waals surface area (Å²) in [6.45, 7) is 6.32. The summed E-state index contributed by atoms with van der Waals surface area (Å²) >= 11 is 0. The number of nitrogens with one attached hydrogen (secondary N) is 1. The maximum atomic E-state index is 13.5. The Morgan fingerprint density at radius 3 is 2.42 bits per heavy atom. The van der Waals surface area contributed by atoms with E-state index in [0.717, 1.165) is 50.8 Å². The van der Waals surface area contributed by atoms with Gasteiger partial charge in [0.1, 0.15) is 5.56 Å². The number of hydrogen-bond donors (Lipinski definition) is 1. The van der Waals surface area contributed by atoms with E-state index in [9.17, 15) is 9.59 Å². The third kappa shape index (κ3) is 5.52. The summed E-state index contributed by atoms with van der Waals surface area (Å²) in [5.41, 5.74) is 1.45. The molecule has 36 heavy (non-hydrogen) atoms. The fourth-order valence-corrected chi connectivity index (χ4v) is 4.97. The average molecular weight is 491 g/mol. The lowest BCUT2D eigenvalue weighted by molar-refractivity contribution is -0.126. The number of piperidine rings is 1. The van der Waals surface area contributed by atoms with Crippen LogP contribution in [-0.4, -0.2) is 88.4 Å². The van der Waals surface area contributed by atoms with Crippen LogP contribution in [0.15, 0.2) is 61.1 Å². The zero-order valence-corrected chi connectivity index (χ0v) is 20.6. The van der Waals surface area contributed by atoms with Crippen LogP contribution in [0.4, 0.5) is 0 Å². The van der Waals surface area contributed by atoms with Crippen LogP contribution in [-0.2, 0) is 9.53 Å². The van der Waals surface area contributed by atoms with E-state index >= 15 is 0 Å². The molecule has 2 amide bonds. The highest BCUT2D eigenvalue weighted by atomic mass is 16.5. The van der Waals surface area contributed by atoms with Gasteiger partial charge in [-0.05, 0) is 50.1 Å². The number of para-hydroxylation sites is 1. The molecule has 2 aliphatic heterocycles. The van der Waals surface area contributed by atoms with Gasteiger partial charge < -0.3 is 19.5 Å². The van der Waals surface area contributed by atoms with Crippen molar-refractivity contribution in [3.05, 3.63) is 66.6 Å². The second-order valence-corrected chi connectivity index (χ2v) is 9.38. The minimum absolute atomic E-state index is 0.0478. The van der Waals surface area contributed by atoms with Crippen molar-refractivity contribution in [1.82, 2.24) is 29.5 Å². The smallest absolute Gasteiger partial charge is 0.259 e. The molecule has 2 saturated heterocycles. The first-order valence-electron chi connectivity index (χ1n) is 12.8. The molecular formula is C27H34N6O3. The van der Waals surface area contributed by atoms with Crippen molar-refractivity contribution in [2.45, 2.75) is 19.3 Å². The molecule has 2 aliphatic rings. The van der Waals surface area contributed by atoms with Crippen molar-refractivity contribution in [2.75, 3.05) is 52.5 Å². The Balaban J connectivity index is 1.17. The molecule has 5 rings (SSSR count). The van der Waals surface area contributed by atoms with Gasteiger partial charge in [-0.15, -0.1) is 0 Å². The van der Waals surface area contributed by atoms with E-state index in [-0.39, 0.29) is 17.7 Å². The molecule has 3 aromatic rings. The number of amides is 2. The van der Waals surface area contributed by atoms with Gasteiger partial charge in [0.25, 0.3) is 5.91 Å². The van der Waals surface area contributed by atoms with E-state index in [0.29, 0.717) is 38.0 Å². The van der Waals surface area contributed by atoms with Crippen LogP contribution in [0.2, 0.25) is 0 Å². The summed E-state index contributed by atoms with van der Waals surface area (Å²) < 4.78 is 9.10. The zero-order chi connectivity index (χ0) is 24.7. The first-order valence-corrected chi connectivity index (χ1v) is 12.8. The second-order valence-electron chi connectivity index (χ2n) is 9.38. The highest BCUT2D eigenvalue weighted by Crippen LogP contribution is 2.24. The molecule has 0 spiro atoms. The largest absolute Gasteiger partial charge is 0.379 e. The number of ether oxygens (including phenoxy) is 1. The number of carbonyl (C=O) groups is 2. The molecule has 0 unspecified atom stereocenters. The molecule has 4 heterocycles. The van der Waals surface area contributed by atoms with Gasteiger partial charge in [0.15, 0.2) is 5.82 Å². The number of benzene rings is 1. The Hall–Kier alpha value is -3.43. The van der Waals surface area contributed by atoms with Gasteiger partial charge in [-0.3, -0.25) is 14.5 Å². The highest BCUT2D eigenvalue weighted by Gasteiger charge is 2.30. The Kier molecular flexibility index (Phi) is 7.78. The summed E-state index contributed by atoms with van der Waals surface area (Å²) in [5, 5.41) is 7.65. The van der Waals surface area contributed by atoms with E-state index in [2.05, 4.69) is 15.3 Å². The predicted molar refractivity (Wildman–Crippen MR) is 136 cm³/mol. The van der Waals surface area contributed by atoms with Gasteiger partial charge in [0.2, 0.25) is 5.91 Å². The topological polar surface area (TPSA) is 84.6 Å². The predicted octanol–water partition coefficient (Wildman–Crippen LogP) is 2.35. The number of rotatable bonds is 8. The maximum absolute atomic E-state index is 13.5. The minimum atomic E-state index is -0.0507. The third-order valence-electron chi connectivity index (χ3n) is 7.03. The summed E-state index contributed by atoms with van der Waals surface area (Å²) in [4.78, 5) is 30.5. The number of hydrogen-bond acceptors (Lipinski definition) is 5. The molecule has 0 radical (unpaired) electrons. The molecular weight excluding hydrogens is 456 g/mol. The minimum Gasteiger partial charge on any atom is -0.379 e. The Morgan fingerprint density at radius 1 is 0.972 bits per heavy atom. The van der Waals surface area contributed by atoms with E-state index in [1.54, 1.807) is 10.9 Å². The average Bonchev–Trinajstić information content (AvgIpc) is 3.62. The van der Waals surface area contributed by atoms with Crippen molar-refractivity contribution in [1.29, 1.82) is 0 Å². The van der Waals surface area contributed by atoms with Crippen molar-refractivity contribution < 1.29 is 14.3 Å². The normalized spacial score (nSPS) is 17.3. The van der Waals surface area contributed by atoms with Gasteiger partial charge in [-0.1, -0.05) is 18.2 Å². The van der Waals surface area contributed by atoms with E-state index < -0.39 is 0 Å². The molecule has 2 fully saturated rings. The molecule has 0 saturated carbocycles. The lowest BCUT2D eigenvalue weighted by atomic mass is 9.95. The van der Waals surface area contributed by atoms with Gasteiger partial charge in [0.05, 0.1) is 25.1 Å². The highest BCUT2D eigenvalue weighted by molar-refractivity contribution is 5.97. The Labute approximate surface area is 211 Å². The van der Waals surface area contributed by atoms with Crippen molar-refractivity contribution in [2.24, 2.45) is 5.92 Å². The monoisotopic (exact) mass is 490 g/mol. The SMILES string of the molecule is O=C(NCCCN1CCOCC1)C1CCN(C(=O)c2cnn(-c3ccccc3)c2-n2cccc2)CC1. The number of morpholine rings is 1. The number of carbonyl (C=O) groups excluding carboxylic acids is 2. The first-order chi connectivity index (χ1) is 17.7. The number of aromatic nitrogens is 3. The van der Waals surface area contributed by atoms with Crippen LogP contribution in [0.3, 0.4) is 0 Å². The lowest BCUT2D eigenvalue weighted by Gasteiger charge is -2.31. The standard InChI is InChI=1S/C27H34N6O3/c34-25(28-11-6-12-30-17-19-36-20-18-30)22-9-15-32(16-10-22)27(35)24-21-29-33(23-7-2-1-3-8-23)26(24)31-13-4-5-14-31/h1-5,7-8,13-14,21-22H,6,9-12,15-20H2,(H,28,34). The fraction of sp³-hybridized carbons (Fsp3) is 0.444. The summed E-state index contributed by atoms with van der Waals surface area (Å²) in [6, 6.07) is 13.7. The van der Waals surface area contributed by atoms with Crippen LogP contribution in [0.5, 0.6) is 0 Å². The van der Waals surface area contributed by atoms with Crippen LogP contribution in [0, 0.1) is 5.92 Å². The number of likely N-dealkylation sites (tertiary alicyclic amines) is 1. The van der Waals surface area contributed by atoms with Gasteiger partial charge in [-0.25, -0.2) is 4.68 Å². The van der Waals surface area contributed by atoms with Gasteiger partial charge in [-0.2, -0.15) is 5.10 Å². The maximum Gasteiger partial charge on any atom is 0.259 e. The van der Waals surface area contributed by atoms with Crippen molar-refractivity contribution in [3.8, 4) is 11.5 Å². The van der Waals surface area contributed by atoms with Crippen molar-refractivity contribution in [3.63, 3.8) is 0 Å². The molecule has 0 aliphatic carbocycles. The number of nitrogens with zero attached hydrogens (tertiary/aromatic N) is 5. The summed E-state index contributed by atoms with van der Waals surface area (Å²) in [5.74, 6) is 0.726. The molecule has 0 atom stereocenters. The quantitative estimate of drug-likeness (QED) is 0.490. The lowest BCUT2D eigenvalue weighted by Crippen LogP contribution is -2.43. The van der Waals surface area contributed by atoms with Crippen LogP contribution < -0.4 is 5.32 Å². The molecule has 0 bridgehead atoms. The summed E-state index contributed by atoms with van der Waals surface area (Å²) in [7, 11) is 0. The second kappa shape index (κ2) is 11.5. The Morgan fingerprint density at radius 2 is 1.69 bits per heavy atom. The zero-order valence-electron chi connectivity index (χ0n) is 20.6. The molecule has 190 valence electrons. The first kappa shape index (κ1) is 24.3. The molecule has 2 aromatic heterocycles. The van der Waals surface area contributed by atoms with Crippen LogP contribution in [0.1, 0.15) is 29.6 Å². The molecule has 1 N–H and O–H groups in total. The van der Waals surface area contributed by atoms with Crippen LogP contribution in [0.25, 0.3) is 11.5 Å². The van der Waals surface area contributed by atoms with Gasteiger partial charge in [0, 0.05) is 51.0 Å². The van der Waals surface area contributed by atoms with Crippen molar-refractivity contribution >= 4 is 11.8 Å².